The summed E-state index contributed by atoms with van der Waals surface area (Å²) in [4.78, 5) is 14.3. The molecule has 1 aromatic rings. The van der Waals surface area contributed by atoms with Crippen molar-refractivity contribution in [1.82, 2.24) is 10.2 Å². The second kappa shape index (κ2) is 7.86. The molecule has 1 aromatic heterocycles. The summed E-state index contributed by atoms with van der Waals surface area (Å²) >= 11 is 1.22. The molecule has 0 aliphatic rings. The highest BCUT2D eigenvalue weighted by Crippen LogP contribution is 2.34. The maximum absolute atomic E-state index is 11.7. The van der Waals surface area contributed by atoms with E-state index in [-0.39, 0.29) is 11.6 Å². The monoisotopic (exact) mass is 309 g/mol. The van der Waals surface area contributed by atoms with Crippen LogP contribution in [0.4, 0.5) is 10.7 Å². The molecule has 7 heteroatoms. The van der Waals surface area contributed by atoms with E-state index in [1.807, 2.05) is 0 Å². The van der Waals surface area contributed by atoms with Crippen LogP contribution in [-0.4, -0.2) is 44.0 Å². The number of nitrogens with zero attached hydrogens (tertiary/aromatic N) is 2. The van der Waals surface area contributed by atoms with Gasteiger partial charge in [0.15, 0.2) is 0 Å². The second-order valence-electron chi connectivity index (χ2n) is 5.09. The minimum Gasteiger partial charge on any atom is -0.396 e. The van der Waals surface area contributed by atoms with Crippen LogP contribution in [-0.2, 0) is 0 Å². The van der Waals surface area contributed by atoms with Crippen LogP contribution in [0.1, 0.15) is 35.5 Å². The lowest BCUT2D eigenvalue weighted by Crippen LogP contribution is -2.28. The van der Waals surface area contributed by atoms with Crippen molar-refractivity contribution in [2.75, 3.05) is 38.2 Å². The number of carbonyl (C=O) groups excluding carboxylic acids is 1. The molecule has 0 aliphatic heterocycles. The lowest BCUT2D eigenvalue weighted by molar-refractivity contribution is 0.0968. The van der Waals surface area contributed by atoms with Crippen LogP contribution in [0, 0.1) is 11.3 Å². The van der Waals surface area contributed by atoms with Gasteiger partial charge in [-0.2, -0.15) is 5.26 Å². The van der Waals surface area contributed by atoms with Crippen molar-refractivity contribution in [2.45, 2.75) is 26.3 Å². The maximum atomic E-state index is 11.7. The van der Waals surface area contributed by atoms with Crippen LogP contribution in [0.2, 0.25) is 0 Å². The standard InChI is InChI=1S/C14H23N5OS/c1-9(2)19(4)7-5-6-18-14-10(8-15)11(16)12(21-14)13(20)17-3/h9,18H,5-7,16H2,1-4H3,(H,17,20). The summed E-state index contributed by atoms with van der Waals surface area (Å²) < 4.78 is 0. The zero-order chi connectivity index (χ0) is 16.0. The summed E-state index contributed by atoms with van der Waals surface area (Å²) in [6.07, 6.45) is 0.951. The van der Waals surface area contributed by atoms with Gasteiger partial charge in [-0.1, -0.05) is 0 Å². The average Bonchev–Trinajstić information content (AvgIpc) is 2.78. The predicted molar refractivity (Wildman–Crippen MR) is 87.7 cm³/mol. The van der Waals surface area contributed by atoms with E-state index < -0.39 is 0 Å². The molecule has 0 saturated carbocycles. The molecule has 0 spiro atoms. The van der Waals surface area contributed by atoms with Crippen LogP contribution < -0.4 is 16.4 Å². The average molecular weight is 309 g/mol. The zero-order valence-corrected chi connectivity index (χ0v) is 13.8. The summed E-state index contributed by atoms with van der Waals surface area (Å²) in [6.45, 7) is 6.00. The molecule has 0 aliphatic carbocycles. The van der Waals surface area contributed by atoms with Crippen LogP contribution in [0.25, 0.3) is 0 Å². The van der Waals surface area contributed by atoms with E-state index in [0.29, 0.717) is 21.5 Å². The lowest BCUT2D eigenvalue weighted by Gasteiger charge is -2.20. The highest BCUT2D eigenvalue weighted by Gasteiger charge is 2.20. The largest absolute Gasteiger partial charge is 0.396 e. The molecule has 21 heavy (non-hydrogen) atoms. The van der Waals surface area contributed by atoms with Crippen molar-refractivity contribution in [1.29, 1.82) is 5.26 Å². The number of nitrogens with one attached hydrogen (secondary N) is 2. The number of nitriles is 1. The second-order valence-corrected chi connectivity index (χ2v) is 6.12. The third-order valence-electron chi connectivity index (χ3n) is 3.34. The Balaban J connectivity index is 2.67. The first-order chi connectivity index (χ1) is 9.92. The molecule has 1 amide bonds. The molecule has 1 heterocycles. The highest BCUT2D eigenvalue weighted by molar-refractivity contribution is 7.18. The zero-order valence-electron chi connectivity index (χ0n) is 13.0. The third kappa shape index (κ3) is 4.34. The normalized spacial score (nSPS) is 10.7. The van der Waals surface area contributed by atoms with Gasteiger partial charge in [-0.05, 0) is 33.9 Å². The fourth-order valence-electron chi connectivity index (χ4n) is 1.75. The van der Waals surface area contributed by atoms with Gasteiger partial charge in [0, 0.05) is 19.6 Å². The van der Waals surface area contributed by atoms with Crippen LogP contribution in [0.3, 0.4) is 0 Å². The van der Waals surface area contributed by atoms with E-state index in [0.717, 1.165) is 19.5 Å². The third-order valence-corrected chi connectivity index (χ3v) is 4.51. The summed E-state index contributed by atoms with van der Waals surface area (Å²) in [5.41, 5.74) is 6.47. The van der Waals surface area contributed by atoms with E-state index in [9.17, 15) is 10.1 Å². The predicted octanol–water partition coefficient (Wildman–Crippen LogP) is 1.70. The van der Waals surface area contributed by atoms with Gasteiger partial charge in [0.2, 0.25) is 0 Å². The Morgan fingerprint density at radius 3 is 2.71 bits per heavy atom. The number of thiophene rings is 1. The maximum Gasteiger partial charge on any atom is 0.263 e. The first-order valence-corrected chi connectivity index (χ1v) is 7.72. The fraction of sp³-hybridized carbons (Fsp3) is 0.571. The van der Waals surface area contributed by atoms with Gasteiger partial charge in [0.05, 0.1) is 5.69 Å². The number of amides is 1. The fourth-order valence-corrected chi connectivity index (χ4v) is 2.79. The van der Waals surface area contributed by atoms with Gasteiger partial charge in [-0.3, -0.25) is 4.79 Å². The molecule has 0 aromatic carbocycles. The first-order valence-electron chi connectivity index (χ1n) is 6.90. The molecule has 4 N–H and O–H groups in total. The van der Waals surface area contributed by atoms with Crippen molar-refractivity contribution >= 4 is 27.9 Å². The summed E-state index contributed by atoms with van der Waals surface area (Å²) in [5.74, 6) is -0.262. The Morgan fingerprint density at radius 2 is 2.19 bits per heavy atom. The minimum atomic E-state index is -0.262. The Morgan fingerprint density at radius 1 is 1.52 bits per heavy atom. The van der Waals surface area contributed by atoms with Crippen molar-refractivity contribution in [2.24, 2.45) is 0 Å². The summed E-state index contributed by atoms with van der Waals surface area (Å²) in [6, 6.07) is 2.57. The number of nitrogen functional groups attached to an aromatic ring is 1. The van der Waals surface area contributed by atoms with E-state index >= 15 is 0 Å². The minimum absolute atomic E-state index is 0.253. The number of carbonyl (C=O) groups is 1. The molecule has 0 unspecified atom stereocenters. The van der Waals surface area contributed by atoms with Gasteiger partial charge >= 0.3 is 0 Å². The van der Waals surface area contributed by atoms with Gasteiger partial charge < -0.3 is 21.3 Å². The van der Waals surface area contributed by atoms with Crippen LogP contribution >= 0.6 is 11.3 Å². The Labute approximate surface area is 129 Å². The van der Waals surface area contributed by atoms with Gasteiger partial charge in [-0.25, -0.2) is 0 Å². The molecule has 6 nitrogen and oxygen atoms in total. The summed E-state index contributed by atoms with van der Waals surface area (Å²) in [7, 11) is 3.63. The number of hydrogen-bond donors (Lipinski definition) is 3. The van der Waals surface area contributed by atoms with Crippen LogP contribution in [0.5, 0.6) is 0 Å². The highest BCUT2D eigenvalue weighted by atomic mass is 32.1. The molecule has 0 fully saturated rings. The van der Waals surface area contributed by atoms with Gasteiger partial charge in [0.1, 0.15) is 21.5 Å². The molecule has 0 atom stereocenters. The van der Waals surface area contributed by atoms with Crippen molar-refractivity contribution in [3.8, 4) is 6.07 Å². The number of anilines is 2. The molecule has 1 rings (SSSR count). The molecule has 0 saturated heterocycles. The van der Waals surface area contributed by atoms with E-state index in [4.69, 9.17) is 5.73 Å². The SMILES string of the molecule is CNC(=O)c1sc(NCCCN(C)C(C)C)c(C#N)c1N. The van der Waals surface area contributed by atoms with Crippen LogP contribution in [0.15, 0.2) is 0 Å². The molecular weight excluding hydrogens is 286 g/mol. The smallest absolute Gasteiger partial charge is 0.263 e. The number of rotatable bonds is 7. The Hall–Kier alpha value is -1.78. The van der Waals surface area contributed by atoms with Gasteiger partial charge in [-0.15, -0.1) is 11.3 Å². The number of nitrogens with two attached hydrogens (primary N) is 1. The van der Waals surface area contributed by atoms with Crippen molar-refractivity contribution in [3.05, 3.63) is 10.4 Å². The quantitative estimate of drug-likeness (QED) is 0.667. The van der Waals surface area contributed by atoms with E-state index in [1.54, 1.807) is 7.05 Å². The lowest BCUT2D eigenvalue weighted by atomic mass is 10.2. The molecule has 0 radical (unpaired) electrons. The summed E-state index contributed by atoms with van der Waals surface area (Å²) in [5, 5.41) is 15.6. The van der Waals surface area contributed by atoms with E-state index in [2.05, 4.69) is 42.5 Å². The molecule has 116 valence electrons. The van der Waals surface area contributed by atoms with E-state index in [1.165, 1.54) is 11.3 Å². The first kappa shape index (κ1) is 17.3. The number of hydrogen-bond acceptors (Lipinski definition) is 6. The molecule has 0 bridgehead atoms. The topological polar surface area (TPSA) is 94.2 Å². The Bertz CT molecular complexity index is 532. The van der Waals surface area contributed by atoms with Crippen molar-refractivity contribution < 1.29 is 4.79 Å². The molecular formula is C14H23N5OS. The van der Waals surface area contributed by atoms with Gasteiger partial charge in [0.25, 0.3) is 5.91 Å². The Kier molecular flexibility index (Phi) is 6.46. The van der Waals surface area contributed by atoms with Crippen molar-refractivity contribution in [3.63, 3.8) is 0 Å².